The Morgan fingerprint density at radius 2 is 1.74 bits per heavy atom. The molecule has 1 aromatic heterocycles. The van der Waals surface area contributed by atoms with Crippen LogP contribution in [-0.4, -0.2) is 52.0 Å². The van der Waals surface area contributed by atoms with Crippen molar-refractivity contribution in [3.8, 4) is 11.4 Å². The topological polar surface area (TPSA) is 62.5 Å². The summed E-state index contributed by atoms with van der Waals surface area (Å²) in [5.74, 6) is 1.69. The van der Waals surface area contributed by atoms with Crippen molar-refractivity contribution >= 4 is 5.91 Å². The van der Waals surface area contributed by atoms with E-state index in [0.717, 1.165) is 57.4 Å². The molecule has 0 saturated carbocycles. The van der Waals surface area contributed by atoms with E-state index in [4.69, 9.17) is 4.52 Å². The van der Waals surface area contributed by atoms with Gasteiger partial charge in [-0.05, 0) is 43.2 Å². The fraction of sp³-hybridized carbons (Fsp3) is 0.640. The lowest BCUT2D eigenvalue weighted by Crippen LogP contribution is -2.44. The monoisotopic (exact) mass is 424 g/mol. The van der Waals surface area contributed by atoms with Gasteiger partial charge in [0, 0.05) is 25.2 Å². The van der Waals surface area contributed by atoms with Crippen molar-refractivity contribution in [2.75, 3.05) is 26.2 Å². The number of nitrogens with zero attached hydrogens (tertiary/aromatic N) is 4. The SMILES string of the molecule is CC(C)(C)c1ccc(-c2noc(CN3CCCC(C(=O)N4CCCCCC4)C3)n2)cc1. The van der Waals surface area contributed by atoms with Crippen molar-refractivity contribution in [2.24, 2.45) is 5.92 Å². The van der Waals surface area contributed by atoms with E-state index in [1.54, 1.807) is 0 Å². The fourth-order valence-corrected chi connectivity index (χ4v) is 4.70. The van der Waals surface area contributed by atoms with E-state index in [-0.39, 0.29) is 11.3 Å². The van der Waals surface area contributed by atoms with Gasteiger partial charge in [-0.25, -0.2) is 0 Å². The smallest absolute Gasteiger partial charge is 0.241 e. The van der Waals surface area contributed by atoms with Crippen LogP contribution in [0.25, 0.3) is 11.4 Å². The van der Waals surface area contributed by atoms with Crippen molar-refractivity contribution in [1.29, 1.82) is 0 Å². The molecule has 0 N–H and O–H groups in total. The van der Waals surface area contributed by atoms with E-state index in [1.807, 2.05) is 0 Å². The normalized spacial score (nSPS) is 21.1. The van der Waals surface area contributed by atoms with Gasteiger partial charge in [0.05, 0.1) is 12.5 Å². The van der Waals surface area contributed by atoms with Gasteiger partial charge in [0.25, 0.3) is 0 Å². The molecule has 168 valence electrons. The molecule has 3 heterocycles. The molecule has 4 rings (SSSR count). The summed E-state index contributed by atoms with van der Waals surface area (Å²) in [5.41, 5.74) is 2.38. The number of hydrogen-bond acceptors (Lipinski definition) is 5. The zero-order valence-electron chi connectivity index (χ0n) is 19.3. The molecule has 1 amide bonds. The molecule has 0 radical (unpaired) electrons. The molecule has 0 aliphatic carbocycles. The lowest BCUT2D eigenvalue weighted by molar-refractivity contribution is -0.137. The van der Waals surface area contributed by atoms with Gasteiger partial charge in [-0.15, -0.1) is 0 Å². The van der Waals surface area contributed by atoms with Gasteiger partial charge in [-0.3, -0.25) is 9.69 Å². The Hall–Kier alpha value is -2.21. The van der Waals surface area contributed by atoms with Gasteiger partial charge in [-0.2, -0.15) is 4.98 Å². The third-order valence-electron chi connectivity index (χ3n) is 6.61. The first-order valence-corrected chi connectivity index (χ1v) is 11.8. The number of hydrogen-bond donors (Lipinski definition) is 0. The largest absolute Gasteiger partial charge is 0.342 e. The van der Waals surface area contributed by atoms with Crippen LogP contribution in [-0.2, 0) is 16.8 Å². The summed E-state index contributed by atoms with van der Waals surface area (Å²) in [6.07, 6.45) is 6.81. The molecule has 6 heteroatoms. The van der Waals surface area contributed by atoms with Crippen molar-refractivity contribution < 1.29 is 9.32 Å². The van der Waals surface area contributed by atoms with Crippen LogP contribution in [0.2, 0.25) is 0 Å². The number of rotatable bonds is 4. The molecular formula is C25H36N4O2. The van der Waals surface area contributed by atoms with E-state index in [0.29, 0.717) is 24.2 Å². The highest BCUT2D eigenvalue weighted by Gasteiger charge is 2.30. The zero-order valence-corrected chi connectivity index (χ0v) is 19.3. The van der Waals surface area contributed by atoms with Crippen LogP contribution in [0.5, 0.6) is 0 Å². The van der Waals surface area contributed by atoms with Crippen molar-refractivity contribution in [3.63, 3.8) is 0 Å². The number of piperidine rings is 1. The number of carbonyl (C=O) groups is 1. The lowest BCUT2D eigenvalue weighted by atomic mass is 9.87. The zero-order chi connectivity index (χ0) is 21.8. The Labute approximate surface area is 186 Å². The first-order valence-electron chi connectivity index (χ1n) is 11.8. The van der Waals surface area contributed by atoms with Gasteiger partial charge in [0.2, 0.25) is 17.6 Å². The number of likely N-dealkylation sites (tertiary alicyclic amines) is 2. The summed E-state index contributed by atoms with van der Waals surface area (Å²) in [4.78, 5) is 22.1. The highest BCUT2D eigenvalue weighted by Crippen LogP contribution is 2.26. The second-order valence-corrected chi connectivity index (χ2v) is 10.2. The predicted octanol–water partition coefficient (Wildman–Crippen LogP) is 4.65. The molecule has 2 aliphatic heterocycles. The molecular weight excluding hydrogens is 388 g/mol. The van der Waals surface area contributed by atoms with Crippen LogP contribution >= 0.6 is 0 Å². The summed E-state index contributed by atoms with van der Waals surface area (Å²) in [6.45, 7) is 10.8. The minimum absolute atomic E-state index is 0.0965. The second kappa shape index (κ2) is 9.51. The lowest BCUT2D eigenvalue weighted by Gasteiger charge is -2.34. The van der Waals surface area contributed by atoms with Gasteiger partial charge < -0.3 is 9.42 Å². The van der Waals surface area contributed by atoms with Crippen LogP contribution in [0, 0.1) is 5.92 Å². The van der Waals surface area contributed by atoms with Gasteiger partial charge in [0.1, 0.15) is 0 Å². The van der Waals surface area contributed by atoms with E-state index in [9.17, 15) is 4.79 Å². The minimum Gasteiger partial charge on any atom is -0.342 e. The Morgan fingerprint density at radius 3 is 2.42 bits per heavy atom. The average molecular weight is 425 g/mol. The Balaban J connectivity index is 1.36. The van der Waals surface area contributed by atoms with Crippen LogP contribution in [0.1, 0.15) is 70.8 Å². The molecule has 2 fully saturated rings. The first kappa shape index (κ1) is 22.0. The molecule has 2 saturated heterocycles. The summed E-state index contributed by atoms with van der Waals surface area (Å²) in [5, 5.41) is 4.19. The van der Waals surface area contributed by atoms with E-state index < -0.39 is 0 Å². The number of aromatic nitrogens is 2. The molecule has 1 atom stereocenters. The number of carbonyl (C=O) groups excluding carboxylic acids is 1. The van der Waals surface area contributed by atoms with Gasteiger partial charge in [0.15, 0.2) is 0 Å². The van der Waals surface area contributed by atoms with Crippen molar-refractivity contribution in [3.05, 3.63) is 35.7 Å². The maximum Gasteiger partial charge on any atom is 0.241 e. The molecule has 2 aromatic rings. The third kappa shape index (κ3) is 5.53. The highest BCUT2D eigenvalue weighted by molar-refractivity contribution is 5.79. The molecule has 6 nitrogen and oxygen atoms in total. The first-order chi connectivity index (χ1) is 14.9. The Kier molecular flexibility index (Phi) is 6.75. The maximum absolute atomic E-state index is 13.0. The standard InChI is InChI=1S/C25H36N4O2/c1-25(2,3)21-12-10-19(11-13-21)23-26-22(31-27-23)18-28-14-8-9-20(17-28)24(30)29-15-6-4-5-7-16-29/h10-13,20H,4-9,14-18H2,1-3H3. The van der Waals surface area contributed by atoms with E-state index in [2.05, 4.69) is 65.0 Å². The fourth-order valence-electron chi connectivity index (χ4n) is 4.70. The molecule has 1 aromatic carbocycles. The quantitative estimate of drug-likeness (QED) is 0.715. The third-order valence-corrected chi connectivity index (χ3v) is 6.61. The molecule has 0 spiro atoms. The van der Waals surface area contributed by atoms with Crippen LogP contribution in [0.4, 0.5) is 0 Å². The van der Waals surface area contributed by atoms with Crippen LogP contribution in [0.3, 0.4) is 0 Å². The van der Waals surface area contributed by atoms with E-state index >= 15 is 0 Å². The molecule has 1 unspecified atom stereocenters. The summed E-state index contributed by atoms with van der Waals surface area (Å²) in [6, 6.07) is 8.39. The van der Waals surface area contributed by atoms with Crippen LogP contribution < -0.4 is 0 Å². The number of benzene rings is 1. The highest BCUT2D eigenvalue weighted by atomic mass is 16.5. The molecule has 31 heavy (non-hydrogen) atoms. The maximum atomic E-state index is 13.0. The van der Waals surface area contributed by atoms with Gasteiger partial charge >= 0.3 is 0 Å². The van der Waals surface area contributed by atoms with Crippen molar-refractivity contribution in [1.82, 2.24) is 19.9 Å². The summed E-state index contributed by atoms with van der Waals surface area (Å²) < 4.78 is 5.55. The van der Waals surface area contributed by atoms with Gasteiger partial charge in [-0.1, -0.05) is 63.0 Å². The Bertz CT molecular complexity index is 860. The molecule has 2 aliphatic rings. The van der Waals surface area contributed by atoms with Crippen LogP contribution in [0.15, 0.2) is 28.8 Å². The van der Waals surface area contributed by atoms with Crippen molar-refractivity contribution in [2.45, 2.75) is 71.3 Å². The summed E-state index contributed by atoms with van der Waals surface area (Å²) in [7, 11) is 0. The van der Waals surface area contributed by atoms with E-state index in [1.165, 1.54) is 18.4 Å². The Morgan fingerprint density at radius 1 is 1.03 bits per heavy atom. The summed E-state index contributed by atoms with van der Waals surface area (Å²) >= 11 is 0. The predicted molar refractivity (Wildman–Crippen MR) is 121 cm³/mol. The molecule has 0 bridgehead atoms. The minimum atomic E-state index is 0.0965. The average Bonchev–Trinajstić information content (AvgIpc) is 3.05. The number of amides is 1. The second-order valence-electron chi connectivity index (χ2n) is 10.2.